The van der Waals surface area contributed by atoms with Gasteiger partial charge in [0.15, 0.2) is 17.3 Å². The highest BCUT2D eigenvalue weighted by Gasteiger charge is 2.45. The van der Waals surface area contributed by atoms with E-state index in [0.29, 0.717) is 40.2 Å². The quantitative estimate of drug-likeness (QED) is 0.243. The topological polar surface area (TPSA) is 160 Å². The van der Waals surface area contributed by atoms with Gasteiger partial charge in [-0.25, -0.2) is 15.0 Å². The van der Waals surface area contributed by atoms with Crippen molar-refractivity contribution in [2.24, 2.45) is 0 Å². The van der Waals surface area contributed by atoms with E-state index in [0.717, 1.165) is 27.7 Å². The lowest BCUT2D eigenvalue weighted by molar-refractivity contribution is -0.137. The molecule has 1 spiro atoms. The van der Waals surface area contributed by atoms with Gasteiger partial charge in [0, 0.05) is 18.5 Å². The van der Waals surface area contributed by atoms with Crippen molar-refractivity contribution in [3.05, 3.63) is 84.9 Å². The summed E-state index contributed by atoms with van der Waals surface area (Å²) in [7, 11) is 0. The summed E-state index contributed by atoms with van der Waals surface area (Å²) in [4.78, 5) is 60.7. The van der Waals surface area contributed by atoms with Crippen LogP contribution in [0.5, 0.6) is 5.75 Å². The van der Waals surface area contributed by atoms with Crippen LogP contribution in [0, 0.1) is 20.8 Å². The molecule has 4 aromatic heterocycles. The Hall–Kier alpha value is -5.16. The number of carbonyl (C=O) groups is 2. The number of carbonyl (C=O) groups excluding carboxylic acids is 2. The number of amides is 2. The van der Waals surface area contributed by atoms with Crippen molar-refractivity contribution in [3.8, 4) is 16.5 Å². The van der Waals surface area contributed by atoms with Gasteiger partial charge in [0.25, 0.3) is 11.5 Å². The lowest BCUT2D eigenvalue weighted by atomic mass is 9.75. The van der Waals surface area contributed by atoms with Gasteiger partial charge in [0.2, 0.25) is 11.7 Å². The third-order valence-electron chi connectivity index (χ3n) is 9.24. The maximum Gasteiger partial charge on any atom is 0.416 e. The van der Waals surface area contributed by atoms with Gasteiger partial charge in [-0.3, -0.25) is 14.4 Å². The SMILES string of the molecule is CC1=CC2(CCN(C(=O)c3ncnc(C)c3O)CC2)c2c1n(CC(=O)Nc1ccc(C(F)(F)F)cc1Cl)c1nc(-c3sc(C)nc3C)nn1c2=O. The molecule has 5 aromatic rings. The van der Waals surface area contributed by atoms with Gasteiger partial charge in [-0.1, -0.05) is 17.7 Å². The Balaban J connectivity index is 1.29. The number of aromatic hydroxyl groups is 1. The maximum absolute atomic E-state index is 14.4. The van der Waals surface area contributed by atoms with Gasteiger partial charge < -0.3 is 19.9 Å². The molecule has 2 amide bonds. The van der Waals surface area contributed by atoms with E-state index in [1.54, 1.807) is 23.3 Å². The molecule has 0 radical (unpaired) electrons. The van der Waals surface area contributed by atoms with E-state index in [2.05, 4.69) is 25.4 Å². The molecule has 0 atom stereocenters. The van der Waals surface area contributed by atoms with Crippen molar-refractivity contribution in [2.45, 2.75) is 58.7 Å². The predicted molar refractivity (Wildman–Crippen MR) is 182 cm³/mol. The average Bonchev–Trinajstić information content (AvgIpc) is 3.74. The number of piperidine rings is 1. The first-order valence-electron chi connectivity index (χ1n) is 15.7. The number of fused-ring (bicyclic) bond motifs is 3. The monoisotopic (exact) mass is 739 g/mol. The second-order valence-corrected chi connectivity index (χ2v) is 14.2. The molecule has 0 saturated carbocycles. The van der Waals surface area contributed by atoms with E-state index >= 15 is 0 Å². The van der Waals surface area contributed by atoms with E-state index in [1.165, 1.54) is 17.7 Å². The first-order chi connectivity index (χ1) is 24.1. The third kappa shape index (κ3) is 5.83. The minimum atomic E-state index is -4.62. The molecular weight excluding hydrogens is 711 g/mol. The number of nitrogens with zero attached hydrogens (tertiary/aromatic N) is 8. The van der Waals surface area contributed by atoms with Gasteiger partial charge >= 0.3 is 6.18 Å². The van der Waals surface area contributed by atoms with Crippen molar-refractivity contribution in [2.75, 3.05) is 18.4 Å². The number of allylic oxidation sites excluding steroid dienone is 2. The Kier molecular flexibility index (Phi) is 8.24. The lowest BCUT2D eigenvalue weighted by Gasteiger charge is -2.38. The standard InChI is InChI=1S/C33H29ClF3N9O4S/c1-15-12-32(7-9-44(10-8-32)30(50)24-26(48)16(2)38-14-39-24)23-25(15)45(13-22(47)41-21-6-5-19(11-20(21)34)33(35,36)37)31-42-28(43-46(31)29(23)49)27-17(3)40-18(4)51-27/h5-6,11-12,14,48H,7-10,13H2,1-4H3,(H,41,47). The van der Waals surface area contributed by atoms with E-state index < -0.39 is 34.5 Å². The van der Waals surface area contributed by atoms with Crippen LogP contribution < -0.4 is 10.9 Å². The first-order valence-corrected chi connectivity index (χ1v) is 16.9. The number of thiazole rings is 1. The molecule has 2 aliphatic rings. The predicted octanol–water partition coefficient (Wildman–Crippen LogP) is 5.34. The first kappa shape index (κ1) is 34.3. The molecule has 2 N–H and O–H groups in total. The largest absolute Gasteiger partial charge is 0.504 e. The summed E-state index contributed by atoms with van der Waals surface area (Å²) in [5.74, 6) is -1.06. The number of aromatic nitrogens is 7. The van der Waals surface area contributed by atoms with Crippen LogP contribution in [-0.4, -0.2) is 69.0 Å². The van der Waals surface area contributed by atoms with E-state index in [1.807, 2.05) is 19.9 Å². The normalized spacial score (nSPS) is 15.4. The van der Waals surface area contributed by atoms with Gasteiger partial charge in [0.1, 0.15) is 12.9 Å². The van der Waals surface area contributed by atoms with Crippen molar-refractivity contribution < 1.29 is 27.9 Å². The molecule has 1 aliphatic carbocycles. The Morgan fingerprint density at radius 3 is 2.45 bits per heavy atom. The van der Waals surface area contributed by atoms with Gasteiger partial charge in [-0.2, -0.15) is 22.7 Å². The van der Waals surface area contributed by atoms with Crippen LogP contribution in [-0.2, 0) is 22.9 Å². The number of hydrogen-bond acceptors (Lipinski definition) is 10. The van der Waals surface area contributed by atoms with E-state index in [9.17, 15) is 32.7 Å². The number of halogens is 4. The molecule has 1 fully saturated rings. The fraction of sp³-hybridized carbons (Fsp3) is 0.333. The maximum atomic E-state index is 14.4. The summed E-state index contributed by atoms with van der Waals surface area (Å²) in [5, 5.41) is 18.1. The minimum absolute atomic E-state index is 0.0213. The number of alkyl halides is 3. The van der Waals surface area contributed by atoms with Crippen LogP contribution in [0.25, 0.3) is 22.1 Å². The molecule has 1 saturated heterocycles. The molecule has 0 bridgehead atoms. The Bertz CT molecular complexity index is 2380. The van der Waals surface area contributed by atoms with Crippen LogP contribution in [0.1, 0.15) is 63.5 Å². The number of benzene rings is 1. The van der Waals surface area contributed by atoms with Crippen LogP contribution in [0.15, 0.2) is 35.4 Å². The van der Waals surface area contributed by atoms with Crippen LogP contribution in [0.2, 0.25) is 5.02 Å². The molecule has 7 rings (SSSR count). The zero-order valence-corrected chi connectivity index (χ0v) is 29.2. The van der Waals surface area contributed by atoms with Gasteiger partial charge in [-0.05, 0) is 64.3 Å². The molecular formula is C33H29ClF3N9O4S. The Labute approximate surface area is 296 Å². The van der Waals surface area contributed by atoms with E-state index in [4.69, 9.17) is 16.6 Å². The lowest BCUT2D eigenvalue weighted by Crippen LogP contribution is -2.46. The fourth-order valence-corrected chi connectivity index (χ4v) is 7.93. The second-order valence-electron chi connectivity index (χ2n) is 12.6. The van der Waals surface area contributed by atoms with Crippen LogP contribution >= 0.6 is 22.9 Å². The molecule has 1 aliphatic heterocycles. The molecule has 0 unspecified atom stereocenters. The number of aryl methyl sites for hydroxylation is 3. The van der Waals surface area contributed by atoms with Crippen molar-refractivity contribution in [1.29, 1.82) is 0 Å². The number of likely N-dealkylation sites (tertiary alicyclic amines) is 1. The molecule has 18 heteroatoms. The van der Waals surface area contributed by atoms with Gasteiger partial charge in [0.05, 0.1) is 48.8 Å². The third-order valence-corrected chi connectivity index (χ3v) is 10.6. The molecule has 13 nitrogen and oxygen atoms in total. The van der Waals surface area contributed by atoms with Crippen molar-refractivity contribution in [1.82, 2.24) is 39.0 Å². The summed E-state index contributed by atoms with van der Waals surface area (Å²) >= 11 is 7.50. The summed E-state index contributed by atoms with van der Waals surface area (Å²) < 4.78 is 42.4. The minimum Gasteiger partial charge on any atom is -0.504 e. The number of hydrogen-bond donors (Lipinski definition) is 2. The Morgan fingerprint density at radius 2 is 1.80 bits per heavy atom. The zero-order valence-electron chi connectivity index (χ0n) is 27.6. The summed E-state index contributed by atoms with van der Waals surface area (Å²) in [6.45, 7) is 7.10. The summed E-state index contributed by atoms with van der Waals surface area (Å²) in [6, 6.07) is 2.63. The number of anilines is 1. The fourth-order valence-electron chi connectivity index (χ4n) is 6.86. The average molecular weight is 740 g/mol. The van der Waals surface area contributed by atoms with Gasteiger partial charge in [-0.15, -0.1) is 16.4 Å². The summed E-state index contributed by atoms with van der Waals surface area (Å²) in [5.41, 5.74) is 0.132. The van der Waals surface area contributed by atoms with Crippen molar-refractivity contribution in [3.63, 3.8) is 0 Å². The molecule has 1 aromatic carbocycles. The highest BCUT2D eigenvalue weighted by atomic mass is 35.5. The smallest absolute Gasteiger partial charge is 0.416 e. The highest BCUT2D eigenvalue weighted by molar-refractivity contribution is 7.15. The van der Waals surface area contributed by atoms with Crippen LogP contribution in [0.4, 0.5) is 18.9 Å². The zero-order chi connectivity index (χ0) is 36.6. The second kappa shape index (κ2) is 12.3. The highest BCUT2D eigenvalue weighted by Crippen LogP contribution is 2.46. The molecule has 51 heavy (non-hydrogen) atoms. The number of nitrogens with one attached hydrogen (secondary N) is 1. The molecule has 264 valence electrons. The summed E-state index contributed by atoms with van der Waals surface area (Å²) in [6.07, 6.45) is -0.753. The van der Waals surface area contributed by atoms with Crippen molar-refractivity contribution >= 4 is 51.8 Å². The number of rotatable bonds is 5. The Morgan fingerprint density at radius 1 is 1.08 bits per heavy atom. The van der Waals surface area contributed by atoms with Crippen LogP contribution in [0.3, 0.4) is 0 Å². The molecule has 5 heterocycles. The van der Waals surface area contributed by atoms with E-state index in [-0.39, 0.29) is 59.1 Å².